The van der Waals surface area contributed by atoms with E-state index in [1.165, 1.54) is 0 Å². The number of carbonyl (C=O) groups excluding carboxylic acids is 1. The van der Waals surface area contributed by atoms with Crippen LogP contribution in [0.25, 0.3) is 0 Å². The highest BCUT2D eigenvalue weighted by molar-refractivity contribution is 7.89. The lowest BCUT2D eigenvalue weighted by Crippen LogP contribution is -2.19. The largest absolute Gasteiger partial charge is 0.458 e. The summed E-state index contributed by atoms with van der Waals surface area (Å²) in [4.78, 5) is 11.5. The molecule has 0 unspecified atom stereocenters. The highest BCUT2D eigenvalue weighted by Gasteiger charge is 2.27. The van der Waals surface area contributed by atoms with Crippen molar-refractivity contribution in [2.24, 2.45) is 5.14 Å². The Morgan fingerprint density at radius 2 is 2.00 bits per heavy atom. The molecule has 21 heavy (non-hydrogen) atoms. The summed E-state index contributed by atoms with van der Waals surface area (Å²) in [6, 6.07) is 0. The molecule has 0 radical (unpaired) electrons. The Labute approximate surface area is 124 Å². The number of nitrogens with two attached hydrogens (primary N) is 1. The minimum Gasteiger partial charge on any atom is -0.458 e. The van der Waals surface area contributed by atoms with Gasteiger partial charge in [0, 0.05) is 6.61 Å². The smallest absolute Gasteiger partial charge is 0.360 e. The number of sulfonamides is 1. The molecule has 3 N–H and O–H groups in total. The normalized spacial score (nSPS) is 11.6. The fourth-order valence-electron chi connectivity index (χ4n) is 1.66. The molecule has 0 aliphatic carbocycles. The van der Waals surface area contributed by atoms with Gasteiger partial charge in [-0.15, -0.1) is 0 Å². The van der Waals surface area contributed by atoms with Gasteiger partial charge in [0.05, 0.1) is 12.3 Å². The SMILES string of the molecule is CCCCOCCOC(=O)c1n[nH]c(CC)c1S(N)(=O)=O. The van der Waals surface area contributed by atoms with E-state index in [0.29, 0.717) is 13.0 Å². The van der Waals surface area contributed by atoms with E-state index in [4.69, 9.17) is 14.6 Å². The first-order chi connectivity index (χ1) is 9.91. The molecule has 120 valence electrons. The lowest BCUT2D eigenvalue weighted by molar-refractivity contribution is 0.0304. The Hall–Kier alpha value is -1.45. The van der Waals surface area contributed by atoms with Gasteiger partial charge in [-0.2, -0.15) is 5.10 Å². The van der Waals surface area contributed by atoms with E-state index < -0.39 is 16.0 Å². The maximum atomic E-state index is 11.9. The topological polar surface area (TPSA) is 124 Å². The zero-order valence-electron chi connectivity index (χ0n) is 12.2. The van der Waals surface area contributed by atoms with Crippen LogP contribution in [0.15, 0.2) is 4.90 Å². The fraction of sp³-hybridized carbons (Fsp3) is 0.667. The van der Waals surface area contributed by atoms with E-state index in [9.17, 15) is 13.2 Å². The van der Waals surface area contributed by atoms with Crippen molar-refractivity contribution in [3.63, 3.8) is 0 Å². The van der Waals surface area contributed by atoms with Crippen molar-refractivity contribution in [1.82, 2.24) is 10.2 Å². The summed E-state index contributed by atoms with van der Waals surface area (Å²) in [5, 5.41) is 11.3. The minimum atomic E-state index is -4.05. The number of H-pyrrole nitrogens is 1. The molecule has 0 aromatic carbocycles. The van der Waals surface area contributed by atoms with Gasteiger partial charge in [-0.25, -0.2) is 18.4 Å². The summed E-state index contributed by atoms with van der Waals surface area (Å²) in [5.74, 6) is -0.839. The average molecular weight is 319 g/mol. The molecule has 9 heteroatoms. The summed E-state index contributed by atoms with van der Waals surface area (Å²) in [6.45, 7) is 4.64. The molecule has 0 aliphatic heterocycles. The van der Waals surface area contributed by atoms with Crippen LogP contribution in [0.2, 0.25) is 0 Å². The Morgan fingerprint density at radius 3 is 2.57 bits per heavy atom. The highest BCUT2D eigenvalue weighted by Crippen LogP contribution is 2.18. The molecule has 0 spiro atoms. The van der Waals surface area contributed by atoms with Crippen LogP contribution in [-0.4, -0.2) is 44.4 Å². The fourth-order valence-corrected chi connectivity index (χ4v) is 2.59. The number of hydrogen-bond acceptors (Lipinski definition) is 6. The van der Waals surface area contributed by atoms with Gasteiger partial charge in [0.15, 0.2) is 5.69 Å². The predicted molar refractivity (Wildman–Crippen MR) is 75.3 cm³/mol. The molecule has 1 aromatic rings. The van der Waals surface area contributed by atoms with Gasteiger partial charge in [-0.3, -0.25) is 5.10 Å². The molecule has 1 aromatic heterocycles. The lowest BCUT2D eigenvalue weighted by Gasteiger charge is -2.05. The van der Waals surface area contributed by atoms with Gasteiger partial charge in [0.2, 0.25) is 10.0 Å². The molecule has 0 amide bonds. The van der Waals surface area contributed by atoms with Crippen LogP contribution in [0.4, 0.5) is 0 Å². The van der Waals surface area contributed by atoms with Gasteiger partial charge in [0.1, 0.15) is 11.5 Å². The number of primary sulfonamides is 1. The van der Waals surface area contributed by atoms with E-state index >= 15 is 0 Å². The third-order valence-electron chi connectivity index (χ3n) is 2.73. The second-order valence-electron chi connectivity index (χ2n) is 4.38. The molecule has 0 bridgehead atoms. The number of esters is 1. The van der Waals surface area contributed by atoms with E-state index in [1.54, 1.807) is 6.92 Å². The van der Waals surface area contributed by atoms with Crippen LogP contribution in [-0.2, 0) is 25.9 Å². The molecule has 0 fully saturated rings. The molecule has 1 rings (SSSR count). The number of aromatic nitrogens is 2. The molecule has 1 heterocycles. The second-order valence-corrected chi connectivity index (χ2v) is 5.88. The number of aryl methyl sites for hydroxylation is 1. The van der Waals surface area contributed by atoms with Crippen molar-refractivity contribution >= 4 is 16.0 Å². The van der Waals surface area contributed by atoms with Crippen LogP contribution in [0.1, 0.15) is 42.9 Å². The maximum absolute atomic E-state index is 11.9. The second kappa shape index (κ2) is 8.11. The predicted octanol–water partition coefficient (Wildman–Crippen LogP) is 0.593. The molecule has 0 saturated carbocycles. The Bertz CT molecular complexity index is 567. The number of nitrogens with one attached hydrogen (secondary N) is 1. The van der Waals surface area contributed by atoms with Crippen molar-refractivity contribution in [3.8, 4) is 0 Å². The average Bonchev–Trinajstić information content (AvgIpc) is 2.86. The maximum Gasteiger partial charge on any atom is 0.360 e. The van der Waals surface area contributed by atoms with E-state index in [2.05, 4.69) is 10.2 Å². The molecule has 8 nitrogen and oxygen atoms in total. The van der Waals surface area contributed by atoms with Crippen molar-refractivity contribution in [2.45, 2.75) is 38.0 Å². The molecular weight excluding hydrogens is 298 g/mol. The standard InChI is InChI=1S/C12H21N3O5S/c1-3-5-6-19-7-8-20-12(16)10-11(21(13,17)18)9(4-2)14-15-10/h3-8H2,1-2H3,(H,14,15)(H2,13,17,18). The molecular formula is C12H21N3O5S. The molecule has 0 atom stereocenters. The first-order valence-corrected chi connectivity index (χ1v) is 8.31. The number of hydrogen-bond donors (Lipinski definition) is 2. The first kappa shape index (κ1) is 17.6. The van der Waals surface area contributed by atoms with E-state index in [1.807, 2.05) is 6.92 Å². The van der Waals surface area contributed by atoms with Gasteiger partial charge < -0.3 is 9.47 Å². The van der Waals surface area contributed by atoms with Gasteiger partial charge in [-0.1, -0.05) is 20.3 Å². The van der Waals surface area contributed by atoms with Crippen LogP contribution >= 0.6 is 0 Å². The Balaban J connectivity index is 2.65. The summed E-state index contributed by atoms with van der Waals surface area (Å²) in [5.41, 5.74) is -0.0356. The first-order valence-electron chi connectivity index (χ1n) is 6.76. The summed E-state index contributed by atoms with van der Waals surface area (Å²) in [7, 11) is -4.05. The molecule has 0 saturated heterocycles. The van der Waals surface area contributed by atoms with Gasteiger partial charge in [-0.05, 0) is 12.8 Å². The minimum absolute atomic E-state index is 0.0287. The van der Waals surface area contributed by atoms with Crippen molar-refractivity contribution in [2.75, 3.05) is 19.8 Å². The van der Waals surface area contributed by atoms with Gasteiger partial charge in [0.25, 0.3) is 0 Å². The number of nitrogens with zero attached hydrogens (tertiary/aromatic N) is 1. The number of ether oxygens (including phenoxy) is 2. The lowest BCUT2D eigenvalue weighted by atomic mass is 10.3. The summed E-state index contributed by atoms with van der Waals surface area (Å²) < 4.78 is 33.2. The van der Waals surface area contributed by atoms with Crippen LogP contribution in [0, 0.1) is 0 Å². The van der Waals surface area contributed by atoms with Crippen LogP contribution in [0.5, 0.6) is 0 Å². The Kier molecular flexibility index (Phi) is 6.79. The summed E-state index contributed by atoms with van der Waals surface area (Å²) in [6.07, 6.45) is 2.31. The van der Waals surface area contributed by atoms with E-state index in [0.717, 1.165) is 12.8 Å². The van der Waals surface area contributed by atoms with E-state index in [-0.39, 0.29) is 29.5 Å². The third-order valence-corrected chi connectivity index (χ3v) is 3.74. The zero-order chi connectivity index (χ0) is 15.9. The zero-order valence-corrected chi connectivity index (χ0v) is 13.0. The quantitative estimate of drug-likeness (QED) is 0.507. The summed E-state index contributed by atoms with van der Waals surface area (Å²) >= 11 is 0. The van der Waals surface area contributed by atoms with Crippen LogP contribution < -0.4 is 5.14 Å². The van der Waals surface area contributed by atoms with Crippen molar-refractivity contribution in [1.29, 1.82) is 0 Å². The van der Waals surface area contributed by atoms with Gasteiger partial charge >= 0.3 is 5.97 Å². The van der Waals surface area contributed by atoms with Crippen LogP contribution in [0.3, 0.4) is 0 Å². The number of aromatic amines is 1. The Morgan fingerprint density at radius 1 is 1.29 bits per heavy atom. The van der Waals surface area contributed by atoms with Crippen molar-refractivity contribution in [3.05, 3.63) is 11.4 Å². The monoisotopic (exact) mass is 319 g/mol. The number of unbranched alkanes of at least 4 members (excludes halogenated alkanes) is 1. The van der Waals surface area contributed by atoms with Crippen molar-refractivity contribution < 1.29 is 22.7 Å². The third kappa shape index (κ3) is 5.10. The molecule has 0 aliphatic rings. The number of carbonyl (C=O) groups is 1. The number of rotatable bonds is 9. The highest BCUT2D eigenvalue weighted by atomic mass is 32.2.